The summed E-state index contributed by atoms with van der Waals surface area (Å²) in [5.74, 6) is -0.406. The van der Waals surface area contributed by atoms with Crippen LogP contribution in [-0.4, -0.2) is 46.4 Å². The third-order valence-electron chi connectivity index (χ3n) is 3.56. The molecule has 0 atom stereocenters. The van der Waals surface area contributed by atoms with E-state index in [4.69, 9.17) is 11.6 Å². The van der Waals surface area contributed by atoms with Crippen LogP contribution in [-0.2, 0) is 10.0 Å². The van der Waals surface area contributed by atoms with Crippen LogP contribution < -0.4 is 10.0 Å². The molecule has 0 spiro atoms. The van der Waals surface area contributed by atoms with Crippen LogP contribution in [0.2, 0.25) is 5.02 Å². The van der Waals surface area contributed by atoms with Crippen molar-refractivity contribution in [2.24, 2.45) is 0 Å². The second-order valence-electron chi connectivity index (χ2n) is 6.05. The fraction of sp³-hybridized carbons (Fsp3) is 0.278. The zero-order chi connectivity index (χ0) is 19.2. The highest BCUT2D eigenvalue weighted by molar-refractivity contribution is 7.89. The molecule has 0 radical (unpaired) electrons. The van der Waals surface area contributed by atoms with Crippen LogP contribution in [0.3, 0.4) is 0 Å². The van der Waals surface area contributed by atoms with Crippen LogP contribution in [0.1, 0.15) is 16.8 Å². The van der Waals surface area contributed by atoms with E-state index in [0.29, 0.717) is 23.7 Å². The molecule has 2 N–H and O–H groups in total. The Kier molecular flexibility index (Phi) is 7.16. The van der Waals surface area contributed by atoms with Gasteiger partial charge in [-0.15, -0.1) is 0 Å². The lowest BCUT2D eigenvalue weighted by Gasteiger charge is -2.11. The average molecular weight is 396 g/mol. The average Bonchev–Trinajstić information content (AvgIpc) is 2.59. The SMILES string of the molecule is CN(C)CCCNS(=O)(=O)c1cccc(C(=O)Nc2cccc(Cl)c2)c1. The quantitative estimate of drug-likeness (QED) is 0.673. The Balaban J connectivity index is 2.07. The molecule has 0 unspecified atom stereocenters. The van der Waals surface area contributed by atoms with Gasteiger partial charge in [-0.2, -0.15) is 0 Å². The summed E-state index contributed by atoms with van der Waals surface area (Å²) in [6, 6.07) is 12.7. The molecule has 8 heteroatoms. The number of sulfonamides is 1. The molecule has 6 nitrogen and oxygen atoms in total. The number of rotatable bonds is 8. The molecular formula is C18H22ClN3O3S. The summed E-state index contributed by atoms with van der Waals surface area (Å²) in [5.41, 5.74) is 0.790. The van der Waals surface area contributed by atoms with E-state index in [0.717, 1.165) is 6.54 Å². The molecule has 26 heavy (non-hydrogen) atoms. The Morgan fingerprint density at radius 3 is 2.54 bits per heavy atom. The van der Waals surface area contributed by atoms with Crippen LogP contribution in [0.25, 0.3) is 0 Å². The van der Waals surface area contributed by atoms with Gasteiger partial charge in [0.05, 0.1) is 4.90 Å². The van der Waals surface area contributed by atoms with E-state index in [-0.39, 0.29) is 10.5 Å². The van der Waals surface area contributed by atoms with E-state index in [1.165, 1.54) is 12.1 Å². The third kappa shape index (κ3) is 6.10. The maximum Gasteiger partial charge on any atom is 0.255 e. The van der Waals surface area contributed by atoms with Gasteiger partial charge in [0.25, 0.3) is 5.91 Å². The molecule has 0 aliphatic rings. The molecule has 2 rings (SSSR count). The van der Waals surface area contributed by atoms with Crippen LogP contribution in [0.4, 0.5) is 5.69 Å². The van der Waals surface area contributed by atoms with E-state index in [2.05, 4.69) is 10.0 Å². The first-order valence-corrected chi connectivity index (χ1v) is 9.95. The van der Waals surface area contributed by atoms with Crippen LogP contribution in [0, 0.1) is 0 Å². The number of carbonyl (C=O) groups is 1. The number of halogens is 1. The van der Waals surface area contributed by atoms with Crippen LogP contribution >= 0.6 is 11.6 Å². The molecule has 0 bridgehead atoms. The Morgan fingerprint density at radius 1 is 1.12 bits per heavy atom. The number of amides is 1. The summed E-state index contributed by atoms with van der Waals surface area (Å²) in [5, 5.41) is 3.20. The van der Waals surface area contributed by atoms with Gasteiger partial charge in [0.15, 0.2) is 0 Å². The Labute approximate surface area is 159 Å². The number of hydrogen-bond acceptors (Lipinski definition) is 4. The summed E-state index contributed by atoms with van der Waals surface area (Å²) < 4.78 is 27.3. The molecule has 0 heterocycles. The molecule has 2 aromatic carbocycles. The summed E-state index contributed by atoms with van der Waals surface area (Å²) in [7, 11) is 0.191. The van der Waals surface area contributed by atoms with E-state index in [9.17, 15) is 13.2 Å². The number of carbonyl (C=O) groups excluding carboxylic acids is 1. The van der Waals surface area contributed by atoms with Crippen LogP contribution in [0.5, 0.6) is 0 Å². The van der Waals surface area contributed by atoms with Gasteiger partial charge in [0.2, 0.25) is 10.0 Å². The van der Waals surface area contributed by atoms with Crippen molar-refractivity contribution < 1.29 is 13.2 Å². The maximum atomic E-state index is 12.4. The zero-order valence-electron chi connectivity index (χ0n) is 14.7. The molecule has 2 aromatic rings. The summed E-state index contributed by atoms with van der Waals surface area (Å²) in [6.07, 6.45) is 0.696. The standard InChI is InChI=1S/C18H22ClN3O3S/c1-22(2)11-5-10-20-26(24,25)17-9-3-6-14(12-17)18(23)21-16-8-4-7-15(19)13-16/h3-4,6-9,12-13,20H,5,10-11H2,1-2H3,(H,21,23). The van der Waals surface area contributed by atoms with Crippen molar-refractivity contribution in [3.05, 3.63) is 59.1 Å². The predicted molar refractivity (Wildman–Crippen MR) is 104 cm³/mol. The highest BCUT2D eigenvalue weighted by Gasteiger charge is 2.16. The van der Waals surface area contributed by atoms with E-state index < -0.39 is 15.9 Å². The number of nitrogens with zero attached hydrogens (tertiary/aromatic N) is 1. The van der Waals surface area contributed by atoms with Crippen LogP contribution in [0.15, 0.2) is 53.4 Å². The van der Waals surface area contributed by atoms with Crippen molar-refractivity contribution in [1.82, 2.24) is 9.62 Å². The summed E-state index contributed by atoms with van der Waals surface area (Å²) in [4.78, 5) is 14.4. The largest absolute Gasteiger partial charge is 0.322 e. The first kappa shape index (κ1) is 20.4. The van der Waals surface area contributed by atoms with Crippen molar-refractivity contribution in [2.75, 3.05) is 32.5 Å². The van der Waals surface area contributed by atoms with Gasteiger partial charge in [0, 0.05) is 22.8 Å². The minimum Gasteiger partial charge on any atom is -0.322 e. The number of anilines is 1. The zero-order valence-corrected chi connectivity index (χ0v) is 16.3. The smallest absolute Gasteiger partial charge is 0.255 e. The molecule has 0 aliphatic heterocycles. The maximum absolute atomic E-state index is 12.4. The molecule has 0 aliphatic carbocycles. The molecule has 0 fully saturated rings. The van der Waals surface area contributed by atoms with Gasteiger partial charge in [0.1, 0.15) is 0 Å². The van der Waals surface area contributed by atoms with Gasteiger partial charge in [-0.25, -0.2) is 13.1 Å². The fourth-order valence-corrected chi connectivity index (χ4v) is 3.57. The predicted octanol–water partition coefficient (Wildman–Crippen LogP) is 2.82. The lowest BCUT2D eigenvalue weighted by molar-refractivity contribution is 0.102. The van der Waals surface area contributed by atoms with Crippen molar-refractivity contribution in [3.63, 3.8) is 0 Å². The normalized spacial score (nSPS) is 11.5. The lowest BCUT2D eigenvalue weighted by Crippen LogP contribution is -2.27. The van der Waals surface area contributed by atoms with Gasteiger partial charge in [-0.1, -0.05) is 23.7 Å². The van der Waals surface area contributed by atoms with Crippen molar-refractivity contribution in [1.29, 1.82) is 0 Å². The minimum absolute atomic E-state index is 0.0566. The van der Waals surface area contributed by atoms with E-state index >= 15 is 0 Å². The Bertz CT molecular complexity index is 869. The summed E-state index contributed by atoms with van der Waals surface area (Å²) >= 11 is 5.90. The first-order valence-electron chi connectivity index (χ1n) is 8.09. The summed E-state index contributed by atoms with van der Waals surface area (Å²) in [6.45, 7) is 1.12. The van der Waals surface area contributed by atoms with Gasteiger partial charge in [-0.05, 0) is 63.5 Å². The fourth-order valence-electron chi connectivity index (χ4n) is 2.26. The third-order valence-corrected chi connectivity index (χ3v) is 5.26. The van der Waals surface area contributed by atoms with Gasteiger partial charge in [-0.3, -0.25) is 4.79 Å². The number of benzene rings is 2. The lowest BCUT2D eigenvalue weighted by atomic mass is 10.2. The van der Waals surface area contributed by atoms with Crippen molar-refractivity contribution >= 4 is 33.2 Å². The topological polar surface area (TPSA) is 78.5 Å². The van der Waals surface area contributed by atoms with E-state index in [1.54, 1.807) is 36.4 Å². The van der Waals surface area contributed by atoms with E-state index in [1.807, 2.05) is 19.0 Å². The molecule has 0 saturated carbocycles. The Hall–Kier alpha value is -1.93. The molecule has 0 aromatic heterocycles. The second kappa shape index (κ2) is 9.14. The monoisotopic (exact) mass is 395 g/mol. The Morgan fingerprint density at radius 2 is 1.85 bits per heavy atom. The minimum atomic E-state index is -3.66. The van der Waals surface area contributed by atoms with Gasteiger partial charge < -0.3 is 10.2 Å². The van der Waals surface area contributed by atoms with Crippen molar-refractivity contribution in [3.8, 4) is 0 Å². The number of hydrogen-bond donors (Lipinski definition) is 2. The second-order valence-corrected chi connectivity index (χ2v) is 8.25. The van der Waals surface area contributed by atoms with Gasteiger partial charge >= 0.3 is 0 Å². The van der Waals surface area contributed by atoms with Crippen molar-refractivity contribution in [2.45, 2.75) is 11.3 Å². The molecule has 0 saturated heterocycles. The molecule has 140 valence electrons. The number of nitrogens with one attached hydrogen (secondary N) is 2. The molecule has 1 amide bonds. The molecular weight excluding hydrogens is 374 g/mol. The highest BCUT2D eigenvalue weighted by atomic mass is 35.5. The highest BCUT2D eigenvalue weighted by Crippen LogP contribution is 2.17. The first-order chi connectivity index (χ1) is 12.3.